The van der Waals surface area contributed by atoms with E-state index in [0.29, 0.717) is 20.7 Å². The second-order valence-electron chi connectivity index (χ2n) is 6.17. The second-order valence-corrected chi connectivity index (χ2v) is 7.88. The summed E-state index contributed by atoms with van der Waals surface area (Å²) in [5.41, 5.74) is 1.31. The number of thiazole rings is 1. The Balaban J connectivity index is 1.62. The summed E-state index contributed by atoms with van der Waals surface area (Å²) < 4.78 is 5.74. The average Bonchev–Trinajstić information content (AvgIpc) is 2.92. The molecule has 5 nitrogen and oxygen atoms in total. The van der Waals surface area contributed by atoms with E-state index in [9.17, 15) is 4.79 Å². The molecule has 0 aliphatic carbocycles. The van der Waals surface area contributed by atoms with Gasteiger partial charge in [-0.2, -0.15) is 0 Å². The van der Waals surface area contributed by atoms with Crippen LogP contribution in [-0.4, -0.2) is 41.1 Å². The number of anilines is 1. The van der Waals surface area contributed by atoms with Crippen LogP contribution >= 0.6 is 34.5 Å². The maximum Gasteiger partial charge on any atom is 0.258 e. The Morgan fingerprint density at radius 3 is 2.76 bits per heavy atom. The Morgan fingerprint density at radius 1 is 1.36 bits per heavy atom. The van der Waals surface area contributed by atoms with E-state index in [1.165, 1.54) is 11.3 Å². The Hall–Kier alpha value is -1.18. The summed E-state index contributed by atoms with van der Waals surface area (Å²) >= 11 is 13.3. The van der Waals surface area contributed by atoms with Gasteiger partial charge < -0.3 is 4.74 Å². The van der Waals surface area contributed by atoms with Crippen molar-refractivity contribution in [1.29, 1.82) is 0 Å². The Morgan fingerprint density at radius 2 is 2.08 bits per heavy atom. The molecule has 25 heavy (non-hydrogen) atoms. The van der Waals surface area contributed by atoms with Crippen LogP contribution in [-0.2, 0) is 11.3 Å². The number of hydrogen-bond donors (Lipinski definition) is 1. The van der Waals surface area contributed by atoms with Crippen LogP contribution in [0, 0.1) is 0 Å². The smallest absolute Gasteiger partial charge is 0.258 e. The van der Waals surface area contributed by atoms with Crippen LogP contribution in [0.1, 0.15) is 29.9 Å². The number of carbonyl (C=O) groups is 1. The first-order chi connectivity index (χ1) is 11.9. The highest BCUT2D eigenvalue weighted by atomic mass is 35.5. The number of nitrogens with one attached hydrogen (secondary N) is 1. The minimum absolute atomic E-state index is 0.216. The van der Waals surface area contributed by atoms with Crippen molar-refractivity contribution >= 4 is 45.6 Å². The maximum atomic E-state index is 12.3. The van der Waals surface area contributed by atoms with Crippen molar-refractivity contribution in [3.63, 3.8) is 0 Å². The van der Waals surface area contributed by atoms with Crippen LogP contribution in [0.25, 0.3) is 0 Å². The minimum Gasteiger partial charge on any atom is -0.373 e. The molecule has 1 aromatic heterocycles. The molecule has 1 aliphatic heterocycles. The number of halogens is 2. The molecule has 8 heteroatoms. The second kappa shape index (κ2) is 8.01. The van der Waals surface area contributed by atoms with Crippen molar-refractivity contribution < 1.29 is 9.53 Å². The van der Waals surface area contributed by atoms with E-state index >= 15 is 0 Å². The predicted molar refractivity (Wildman–Crippen MR) is 102 cm³/mol. The highest BCUT2D eigenvalue weighted by molar-refractivity contribution is 7.14. The monoisotopic (exact) mass is 399 g/mol. The van der Waals surface area contributed by atoms with Crippen LogP contribution < -0.4 is 5.32 Å². The number of carbonyl (C=O) groups excluding carboxylic acids is 1. The minimum atomic E-state index is -0.295. The standard InChI is InChI=1S/C17H19Cl2N3O2S/c1-10-6-22(7-11(2)24-10)8-13-9-25-17(20-13)21-16(23)14-4-3-12(18)5-15(14)19/h3-5,9-11H,6-8H2,1-2H3,(H,20,21,23). The fourth-order valence-electron chi connectivity index (χ4n) is 2.92. The number of amides is 1. The van der Waals surface area contributed by atoms with Gasteiger partial charge in [0.05, 0.1) is 28.5 Å². The van der Waals surface area contributed by atoms with Gasteiger partial charge in [-0.05, 0) is 32.0 Å². The summed E-state index contributed by atoms with van der Waals surface area (Å²) in [5.74, 6) is -0.295. The largest absolute Gasteiger partial charge is 0.373 e. The first-order valence-electron chi connectivity index (χ1n) is 7.99. The van der Waals surface area contributed by atoms with Crippen molar-refractivity contribution in [3.8, 4) is 0 Å². The Kier molecular flexibility index (Phi) is 5.96. The molecule has 1 saturated heterocycles. The molecule has 1 fully saturated rings. The summed E-state index contributed by atoms with van der Waals surface area (Å²) in [6, 6.07) is 4.79. The number of ether oxygens (including phenoxy) is 1. The van der Waals surface area contributed by atoms with Gasteiger partial charge in [-0.1, -0.05) is 23.2 Å². The van der Waals surface area contributed by atoms with Crippen LogP contribution in [0.3, 0.4) is 0 Å². The molecule has 0 bridgehead atoms. The molecule has 0 saturated carbocycles. The van der Waals surface area contributed by atoms with E-state index in [-0.39, 0.29) is 18.1 Å². The third-order valence-corrected chi connectivity index (χ3v) is 5.18. The zero-order chi connectivity index (χ0) is 18.0. The number of hydrogen-bond acceptors (Lipinski definition) is 5. The molecule has 3 rings (SSSR count). The molecule has 1 N–H and O–H groups in total. The van der Waals surface area contributed by atoms with E-state index in [2.05, 4.69) is 29.0 Å². The average molecular weight is 400 g/mol. The van der Waals surface area contributed by atoms with Gasteiger partial charge >= 0.3 is 0 Å². The molecular formula is C17H19Cl2N3O2S. The third-order valence-electron chi connectivity index (χ3n) is 3.83. The predicted octanol–water partition coefficient (Wildman–Crippen LogP) is 4.31. The lowest BCUT2D eigenvalue weighted by molar-refractivity contribution is -0.0707. The zero-order valence-corrected chi connectivity index (χ0v) is 16.3. The van der Waals surface area contributed by atoms with Gasteiger partial charge in [-0.25, -0.2) is 4.98 Å². The Bertz CT molecular complexity index is 758. The lowest BCUT2D eigenvalue weighted by atomic mass is 10.2. The van der Waals surface area contributed by atoms with Crippen LogP contribution in [0.4, 0.5) is 5.13 Å². The first kappa shape index (κ1) is 18.6. The number of nitrogens with zero attached hydrogens (tertiary/aromatic N) is 2. The first-order valence-corrected chi connectivity index (χ1v) is 9.63. The maximum absolute atomic E-state index is 12.3. The van der Waals surface area contributed by atoms with Crippen LogP contribution in [0.5, 0.6) is 0 Å². The fourth-order valence-corrected chi connectivity index (χ4v) is 4.11. The van der Waals surface area contributed by atoms with Crippen molar-refractivity contribution in [2.75, 3.05) is 18.4 Å². The third kappa shape index (κ3) is 4.92. The van der Waals surface area contributed by atoms with Crippen LogP contribution in [0.2, 0.25) is 10.0 Å². The number of aromatic nitrogens is 1. The summed E-state index contributed by atoms with van der Waals surface area (Å²) in [4.78, 5) is 19.1. The van der Waals surface area contributed by atoms with Crippen LogP contribution in [0.15, 0.2) is 23.6 Å². The molecule has 2 unspecified atom stereocenters. The van der Waals surface area contributed by atoms with Crippen molar-refractivity contribution in [2.24, 2.45) is 0 Å². The highest BCUT2D eigenvalue weighted by Crippen LogP contribution is 2.24. The van der Waals surface area contributed by atoms with Crippen molar-refractivity contribution in [2.45, 2.75) is 32.6 Å². The van der Waals surface area contributed by atoms with Gasteiger partial charge in [0.25, 0.3) is 5.91 Å². The van der Waals surface area contributed by atoms with Gasteiger partial charge in [-0.3, -0.25) is 15.0 Å². The fraction of sp³-hybridized carbons (Fsp3) is 0.412. The zero-order valence-electron chi connectivity index (χ0n) is 14.0. The molecular weight excluding hydrogens is 381 g/mol. The molecule has 2 atom stereocenters. The molecule has 134 valence electrons. The normalized spacial score (nSPS) is 21.3. The molecule has 2 aromatic rings. The van der Waals surface area contributed by atoms with Gasteiger partial charge in [0.15, 0.2) is 5.13 Å². The molecule has 1 aromatic carbocycles. The SMILES string of the molecule is CC1CN(Cc2csc(NC(=O)c3ccc(Cl)cc3Cl)n2)CC(C)O1. The lowest BCUT2D eigenvalue weighted by Gasteiger charge is -2.34. The van der Waals surface area contributed by atoms with E-state index < -0.39 is 0 Å². The summed E-state index contributed by atoms with van der Waals surface area (Å²) in [7, 11) is 0. The van der Waals surface area contributed by atoms with E-state index in [1.54, 1.807) is 18.2 Å². The van der Waals surface area contributed by atoms with Gasteiger partial charge in [-0.15, -0.1) is 11.3 Å². The van der Waals surface area contributed by atoms with Gasteiger partial charge in [0.1, 0.15) is 0 Å². The van der Waals surface area contributed by atoms with Gasteiger partial charge in [0, 0.05) is 30.0 Å². The van der Waals surface area contributed by atoms with E-state index in [1.807, 2.05) is 5.38 Å². The quantitative estimate of drug-likeness (QED) is 0.831. The Labute approximate surface area is 160 Å². The van der Waals surface area contributed by atoms with E-state index in [0.717, 1.165) is 25.3 Å². The highest BCUT2D eigenvalue weighted by Gasteiger charge is 2.23. The summed E-state index contributed by atoms with van der Waals surface area (Å²) in [5, 5.41) is 6.12. The lowest BCUT2D eigenvalue weighted by Crippen LogP contribution is -2.44. The molecule has 1 amide bonds. The molecule has 2 heterocycles. The molecule has 0 spiro atoms. The van der Waals surface area contributed by atoms with Crippen molar-refractivity contribution in [1.82, 2.24) is 9.88 Å². The van der Waals surface area contributed by atoms with Crippen molar-refractivity contribution in [3.05, 3.63) is 44.9 Å². The molecule has 1 aliphatic rings. The number of morpholine rings is 1. The summed E-state index contributed by atoms with van der Waals surface area (Å²) in [6.45, 7) is 6.65. The summed E-state index contributed by atoms with van der Waals surface area (Å²) in [6.07, 6.45) is 0.433. The van der Waals surface area contributed by atoms with Gasteiger partial charge in [0.2, 0.25) is 0 Å². The molecule has 0 radical (unpaired) electrons. The number of rotatable bonds is 4. The van der Waals surface area contributed by atoms with E-state index in [4.69, 9.17) is 27.9 Å². The number of benzene rings is 1. The topological polar surface area (TPSA) is 54.5 Å².